The summed E-state index contributed by atoms with van der Waals surface area (Å²) in [6, 6.07) is 81.3. The molecule has 14 aromatic rings. The van der Waals surface area contributed by atoms with Gasteiger partial charge in [-0.3, -0.25) is 0 Å². The zero-order valence-corrected chi connectivity index (χ0v) is 36.5. The average Bonchev–Trinajstić information content (AvgIpc) is 4.11. The van der Waals surface area contributed by atoms with E-state index in [4.69, 9.17) is 0 Å². The summed E-state index contributed by atoms with van der Waals surface area (Å²) in [6.45, 7) is 2.27. The molecule has 0 amide bonds. The highest BCUT2D eigenvalue weighted by atomic mass is 15.0. The Bertz CT molecular complexity index is 4320. The monoisotopic (exact) mass is 853 g/mol. The first-order valence-electron chi connectivity index (χ1n) is 22.8. The molecule has 10 aromatic carbocycles. The van der Waals surface area contributed by atoms with Crippen LogP contribution in [0, 0.1) is 18.3 Å². The Kier molecular flexibility index (Phi) is 7.90. The molecule has 4 aromatic heterocycles. The second-order valence-corrected chi connectivity index (χ2v) is 17.6. The first kappa shape index (κ1) is 37.3. The molecule has 5 nitrogen and oxygen atoms in total. The lowest BCUT2D eigenvalue weighted by Gasteiger charge is -2.22. The maximum Gasteiger partial charge on any atom is 0.0991 e. The molecule has 67 heavy (non-hydrogen) atoms. The van der Waals surface area contributed by atoms with Gasteiger partial charge in [0.1, 0.15) is 0 Å². The third-order valence-electron chi connectivity index (χ3n) is 14.2. The summed E-state index contributed by atoms with van der Waals surface area (Å²) in [7, 11) is 0. The molecule has 0 aliphatic carbocycles. The van der Waals surface area contributed by atoms with Crippen LogP contribution in [0.2, 0.25) is 0 Å². The summed E-state index contributed by atoms with van der Waals surface area (Å²) in [5, 5.41) is 19.9. The van der Waals surface area contributed by atoms with Gasteiger partial charge in [0.2, 0.25) is 0 Å². The zero-order chi connectivity index (χ0) is 44.3. The van der Waals surface area contributed by atoms with E-state index >= 15 is 0 Å². The zero-order valence-electron chi connectivity index (χ0n) is 36.5. The van der Waals surface area contributed by atoms with Crippen molar-refractivity contribution in [2.24, 2.45) is 0 Å². The Morgan fingerprint density at radius 2 is 0.716 bits per heavy atom. The van der Waals surface area contributed by atoms with Gasteiger partial charge in [-0.05, 0) is 96.9 Å². The summed E-state index contributed by atoms with van der Waals surface area (Å²) >= 11 is 0. The topological polar surface area (TPSA) is 43.5 Å². The van der Waals surface area contributed by atoms with Crippen LogP contribution in [0.1, 0.15) is 11.1 Å². The van der Waals surface area contributed by atoms with Gasteiger partial charge in [-0.2, -0.15) is 5.26 Å². The van der Waals surface area contributed by atoms with Crippen molar-refractivity contribution in [2.45, 2.75) is 6.92 Å². The first-order chi connectivity index (χ1) is 33.1. The third-order valence-corrected chi connectivity index (χ3v) is 14.2. The minimum Gasteiger partial charge on any atom is -0.309 e. The molecule has 14 rings (SSSR count). The van der Waals surface area contributed by atoms with Gasteiger partial charge in [-0.1, -0.05) is 140 Å². The molecule has 0 N–H and O–H groups in total. The number of fused-ring (bicyclic) bond motifs is 12. The van der Waals surface area contributed by atoms with Crippen LogP contribution < -0.4 is 0 Å². The SMILES string of the molecule is Cc1c(-n2c3ccccc3c3ccc(-n4c5ccccc5c5ccccc54)cc32)ccc(-c2cccc(C#N)c2)c1-n1c2ccccc2c2ccc(-n3c4ccccc4c4ccccc43)cc21. The van der Waals surface area contributed by atoms with Crippen LogP contribution in [0.3, 0.4) is 0 Å². The summed E-state index contributed by atoms with van der Waals surface area (Å²) < 4.78 is 9.75. The lowest BCUT2D eigenvalue weighted by Crippen LogP contribution is -2.06. The summed E-state index contributed by atoms with van der Waals surface area (Å²) in [4.78, 5) is 0. The van der Waals surface area contributed by atoms with E-state index in [1.54, 1.807) is 0 Å². The number of para-hydroxylation sites is 6. The number of hydrogen-bond donors (Lipinski definition) is 0. The number of benzene rings is 10. The Labute approximate surface area is 385 Å². The molecule has 0 radical (unpaired) electrons. The van der Waals surface area contributed by atoms with E-state index in [0.717, 1.165) is 61.5 Å². The summed E-state index contributed by atoms with van der Waals surface area (Å²) in [6.07, 6.45) is 0. The number of nitriles is 1. The van der Waals surface area contributed by atoms with Crippen molar-refractivity contribution in [1.82, 2.24) is 18.3 Å². The highest BCUT2D eigenvalue weighted by Crippen LogP contribution is 2.44. The Hall–Kier alpha value is -9.11. The van der Waals surface area contributed by atoms with Crippen LogP contribution in [0.25, 0.3) is 121 Å². The minimum absolute atomic E-state index is 0.626. The molecule has 0 saturated carbocycles. The van der Waals surface area contributed by atoms with Crippen molar-refractivity contribution in [3.8, 4) is 39.9 Å². The average molecular weight is 854 g/mol. The van der Waals surface area contributed by atoms with E-state index in [9.17, 15) is 5.26 Å². The van der Waals surface area contributed by atoms with Crippen LogP contribution in [-0.4, -0.2) is 18.3 Å². The van der Waals surface area contributed by atoms with Gasteiger partial charge < -0.3 is 18.3 Å². The Balaban J connectivity index is 1.09. The molecule has 0 saturated heterocycles. The summed E-state index contributed by atoms with van der Waals surface area (Å²) in [5.41, 5.74) is 17.3. The molecule has 0 fully saturated rings. The van der Waals surface area contributed by atoms with Crippen molar-refractivity contribution >= 4 is 87.2 Å². The lowest BCUT2D eigenvalue weighted by atomic mass is 9.97. The molecule has 0 unspecified atom stereocenters. The van der Waals surface area contributed by atoms with Gasteiger partial charge >= 0.3 is 0 Å². The fourth-order valence-corrected chi connectivity index (χ4v) is 11.3. The summed E-state index contributed by atoms with van der Waals surface area (Å²) in [5.74, 6) is 0. The molecule has 5 heteroatoms. The highest BCUT2D eigenvalue weighted by molar-refractivity contribution is 6.14. The third kappa shape index (κ3) is 5.30. The Morgan fingerprint density at radius 1 is 0.328 bits per heavy atom. The molecule has 0 atom stereocenters. The maximum atomic E-state index is 10.2. The predicted octanol–water partition coefficient (Wildman–Crippen LogP) is 15.9. The van der Waals surface area contributed by atoms with Crippen LogP contribution in [0.5, 0.6) is 0 Å². The van der Waals surface area contributed by atoms with Gasteiger partial charge in [0.05, 0.1) is 67.1 Å². The highest BCUT2D eigenvalue weighted by Gasteiger charge is 2.24. The van der Waals surface area contributed by atoms with Gasteiger partial charge in [0.25, 0.3) is 0 Å². The van der Waals surface area contributed by atoms with E-state index < -0.39 is 0 Å². The van der Waals surface area contributed by atoms with Crippen LogP contribution in [-0.2, 0) is 0 Å². The van der Waals surface area contributed by atoms with E-state index in [1.165, 1.54) is 65.2 Å². The molecular weight excluding hydrogens is 815 g/mol. The van der Waals surface area contributed by atoms with Gasteiger partial charge in [-0.25, -0.2) is 0 Å². The minimum atomic E-state index is 0.626. The number of nitrogens with zero attached hydrogens (tertiary/aromatic N) is 5. The van der Waals surface area contributed by atoms with Gasteiger partial charge in [0, 0.05) is 60.0 Å². The van der Waals surface area contributed by atoms with Crippen molar-refractivity contribution in [2.75, 3.05) is 0 Å². The van der Waals surface area contributed by atoms with E-state index in [0.29, 0.717) is 5.56 Å². The molecule has 0 aliphatic heterocycles. The van der Waals surface area contributed by atoms with Gasteiger partial charge in [-0.15, -0.1) is 0 Å². The van der Waals surface area contributed by atoms with Crippen molar-refractivity contribution in [1.29, 1.82) is 5.26 Å². The second kappa shape index (κ2) is 14.2. The van der Waals surface area contributed by atoms with Crippen LogP contribution in [0.15, 0.2) is 218 Å². The fourth-order valence-electron chi connectivity index (χ4n) is 11.3. The maximum absolute atomic E-state index is 10.2. The van der Waals surface area contributed by atoms with Crippen molar-refractivity contribution in [3.63, 3.8) is 0 Å². The van der Waals surface area contributed by atoms with E-state index in [1.807, 2.05) is 18.2 Å². The largest absolute Gasteiger partial charge is 0.309 e. The molecule has 0 spiro atoms. The lowest BCUT2D eigenvalue weighted by molar-refractivity contribution is 1.09. The van der Waals surface area contributed by atoms with Crippen LogP contribution >= 0.6 is 0 Å². The van der Waals surface area contributed by atoms with E-state index in [-0.39, 0.29) is 0 Å². The van der Waals surface area contributed by atoms with Crippen molar-refractivity contribution in [3.05, 3.63) is 230 Å². The van der Waals surface area contributed by atoms with Crippen molar-refractivity contribution < 1.29 is 0 Å². The number of hydrogen-bond acceptors (Lipinski definition) is 1. The van der Waals surface area contributed by atoms with E-state index in [2.05, 4.69) is 231 Å². The second-order valence-electron chi connectivity index (χ2n) is 17.6. The number of aromatic nitrogens is 4. The smallest absolute Gasteiger partial charge is 0.0991 e. The fraction of sp³-hybridized carbons (Fsp3) is 0.0161. The van der Waals surface area contributed by atoms with Crippen LogP contribution in [0.4, 0.5) is 0 Å². The molecular formula is C62H39N5. The Morgan fingerprint density at radius 3 is 1.16 bits per heavy atom. The standard InChI is InChI=1S/C62H39N5/c1-39-53(66-58-27-12-6-21-49(58)51-31-29-42(36-60(51)66)64-54-23-8-2-17-45(54)46-18-3-9-24-55(46)64)34-33-44(41-16-14-15-40(35-41)38-63)62(39)67-59-28-13-7-22-50(59)52-32-30-43(37-61(52)67)65-56-25-10-4-19-47(56)48-20-5-11-26-57(48)65/h2-37H,1H3. The van der Waals surface area contributed by atoms with Gasteiger partial charge in [0.15, 0.2) is 0 Å². The molecule has 312 valence electrons. The first-order valence-corrected chi connectivity index (χ1v) is 22.8. The molecule has 4 heterocycles. The normalized spacial score (nSPS) is 11.9. The predicted molar refractivity (Wildman–Crippen MR) is 279 cm³/mol. The molecule has 0 bridgehead atoms. The number of rotatable bonds is 5. The molecule has 0 aliphatic rings. The quantitative estimate of drug-likeness (QED) is 0.170.